The molecule has 0 bridgehead atoms. The van der Waals surface area contributed by atoms with Crippen molar-refractivity contribution < 1.29 is 9.18 Å². The van der Waals surface area contributed by atoms with E-state index < -0.39 is 0 Å². The molecule has 0 saturated carbocycles. The highest BCUT2D eigenvalue weighted by atomic mass is 19.1. The second-order valence-corrected chi connectivity index (χ2v) is 6.03. The van der Waals surface area contributed by atoms with Crippen LogP contribution in [0.5, 0.6) is 0 Å². The summed E-state index contributed by atoms with van der Waals surface area (Å²) >= 11 is 0. The van der Waals surface area contributed by atoms with Crippen LogP contribution in [-0.2, 0) is 6.42 Å². The van der Waals surface area contributed by atoms with E-state index in [1.54, 1.807) is 31.2 Å². The van der Waals surface area contributed by atoms with Crippen LogP contribution in [0.3, 0.4) is 0 Å². The molecule has 1 heterocycles. The minimum atomic E-state index is -0.271. The molecule has 1 aromatic heterocycles. The minimum Gasteiger partial charge on any atom is -0.360 e. The summed E-state index contributed by atoms with van der Waals surface area (Å²) in [5, 5.41) is 2.80. The van der Waals surface area contributed by atoms with E-state index in [2.05, 4.69) is 22.2 Å². The van der Waals surface area contributed by atoms with E-state index in [1.165, 1.54) is 6.07 Å². The van der Waals surface area contributed by atoms with Gasteiger partial charge in [0.1, 0.15) is 23.2 Å². The molecule has 5 nitrogen and oxygen atoms in total. The predicted molar refractivity (Wildman–Crippen MR) is 97.4 cm³/mol. The van der Waals surface area contributed by atoms with Crippen molar-refractivity contribution in [2.45, 2.75) is 33.1 Å². The monoisotopic (exact) mass is 344 g/mol. The Morgan fingerprint density at radius 2 is 2.04 bits per heavy atom. The number of benzene rings is 1. The molecule has 0 saturated heterocycles. The standard InChI is InChI=1S/C19H25FN4O/c1-4-5-12-24(3)18-13-17(22-14(2)23-18)19(25)21-11-10-15-8-6-7-9-16(15)20/h6-9,13H,4-5,10-12H2,1-3H3,(H,21,25). The number of unbranched alkanes of at least 4 members (excludes halogenated alkanes) is 1. The summed E-state index contributed by atoms with van der Waals surface area (Å²) < 4.78 is 13.6. The van der Waals surface area contributed by atoms with Gasteiger partial charge in [-0.05, 0) is 31.4 Å². The maximum atomic E-state index is 13.6. The molecule has 0 unspecified atom stereocenters. The number of anilines is 1. The lowest BCUT2D eigenvalue weighted by atomic mass is 10.1. The predicted octanol–water partition coefficient (Wildman–Crippen LogP) is 3.13. The molecule has 0 spiro atoms. The van der Waals surface area contributed by atoms with Gasteiger partial charge >= 0.3 is 0 Å². The number of nitrogens with one attached hydrogen (secondary N) is 1. The zero-order valence-electron chi connectivity index (χ0n) is 15.1. The molecule has 2 rings (SSSR count). The van der Waals surface area contributed by atoms with E-state index in [-0.39, 0.29) is 11.7 Å². The third kappa shape index (κ3) is 5.52. The first kappa shape index (κ1) is 18.8. The summed E-state index contributed by atoms with van der Waals surface area (Å²) in [5.41, 5.74) is 0.918. The van der Waals surface area contributed by atoms with Gasteiger partial charge in [-0.15, -0.1) is 0 Å². The topological polar surface area (TPSA) is 58.1 Å². The second-order valence-electron chi connectivity index (χ2n) is 6.03. The maximum absolute atomic E-state index is 13.6. The quantitative estimate of drug-likeness (QED) is 0.799. The van der Waals surface area contributed by atoms with Crippen molar-refractivity contribution in [3.8, 4) is 0 Å². The van der Waals surface area contributed by atoms with Crippen LogP contribution < -0.4 is 10.2 Å². The Labute approximate surface area is 148 Å². The van der Waals surface area contributed by atoms with Crippen LogP contribution in [0.25, 0.3) is 0 Å². The lowest BCUT2D eigenvalue weighted by molar-refractivity contribution is 0.0948. The fraction of sp³-hybridized carbons (Fsp3) is 0.421. The highest BCUT2D eigenvalue weighted by Gasteiger charge is 2.12. The molecule has 0 aliphatic heterocycles. The van der Waals surface area contributed by atoms with Crippen molar-refractivity contribution in [3.05, 3.63) is 53.2 Å². The van der Waals surface area contributed by atoms with Gasteiger partial charge in [-0.25, -0.2) is 14.4 Å². The maximum Gasteiger partial charge on any atom is 0.270 e. The molecule has 2 aromatic rings. The van der Waals surface area contributed by atoms with E-state index in [9.17, 15) is 9.18 Å². The number of rotatable bonds is 8. The highest BCUT2D eigenvalue weighted by molar-refractivity contribution is 5.92. The Hall–Kier alpha value is -2.50. The van der Waals surface area contributed by atoms with Gasteiger partial charge in [0.05, 0.1) is 0 Å². The fourth-order valence-electron chi connectivity index (χ4n) is 2.48. The summed E-state index contributed by atoms with van der Waals surface area (Å²) in [4.78, 5) is 23.0. The molecular formula is C19H25FN4O. The first-order valence-electron chi connectivity index (χ1n) is 8.59. The van der Waals surface area contributed by atoms with Crippen LogP contribution in [0.1, 0.15) is 41.6 Å². The molecule has 134 valence electrons. The van der Waals surface area contributed by atoms with Crippen molar-refractivity contribution in [1.82, 2.24) is 15.3 Å². The van der Waals surface area contributed by atoms with Gasteiger partial charge in [0.15, 0.2) is 0 Å². The average Bonchev–Trinajstić information content (AvgIpc) is 2.60. The molecule has 1 N–H and O–H groups in total. The lowest BCUT2D eigenvalue weighted by Crippen LogP contribution is -2.28. The minimum absolute atomic E-state index is 0.255. The van der Waals surface area contributed by atoms with Crippen molar-refractivity contribution in [2.24, 2.45) is 0 Å². The van der Waals surface area contributed by atoms with Crippen molar-refractivity contribution >= 4 is 11.7 Å². The summed E-state index contributed by atoms with van der Waals surface area (Å²) in [6.07, 6.45) is 2.59. The largest absolute Gasteiger partial charge is 0.360 e. The summed E-state index contributed by atoms with van der Waals surface area (Å²) in [6, 6.07) is 8.27. The normalized spacial score (nSPS) is 10.6. The third-order valence-electron chi connectivity index (χ3n) is 3.93. The second kappa shape index (κ2) is 9.11. The molecule has 6 heteroatoms. The van der Waals surface area contributed by atoms with Gasteiger partial charge in [0.25, 0.3) is 5.91 Å². The number of carbonyl (C=O) groups is 1. The summed E-state index contributed by atoms with van der Waals surface area (Å²) in [6.45, 7) is 5.13. The van der Waals surface area contributed by atoms with Gasteiger partial charge in [0.2, 0.25) is 0 Å². The Bertz CT molecular complexity index is 720. The smallest absolute Gasteiger partial charge is 0.270 e. The molecule has 0 aliphatic carbocycles. The van der Waals surface area contributed by atoms with Crippen LogP contribution in [0.2, 0.25) is 0 Å². The number of hydrogen-bond acceptors (Lipinski definition) is 4. The van der Waals surface area contributed by atoms with Crippen molar-refractivity contribution in [2.75, 3.05) is 25.0 Å². The summed E-state index contributed by atoms with van der Waals surface area (Å²) in [7, 11) is 1.96. The number of carbonyl (C=O) groups excluding carboxylic acids is 1. The highest BCUT2D eigenvalue weighted by Crippen LogP contribution is 2.12. The van der Waals surface area contributed by atoms with Crippen LogP contribution >= 0.6 is 0 Å². The van der Waals surface area contributed by atoms with E-state index >= 15 is 0 Å². The number of aromatic nitrogens is 2. The fourth-order valence-corrected chi connectivity index (χ4v) is 2.48. The molecule has 0 fully saturated rings. The molecule has 1 aromatic carbocycles. The first-order valence-corrected chi connectivity index (χ1v) is 8.59. The Balaban J connectivity index is 1.99. The zero-order valence-corrected chi connectivity index (χ0v) is 15.1. The Morgan fingerprint density at radius 1 is 1.28 bits per heavy atom. The first-order chi connectivity index (χ1) is 12.0. The molecule has 0 radical (unpaired) electrons. The Morgan fingerprint density at radius 3 is 2.76 bits per heavy atom. The molecular weight excluding hydrogens is 319 g/mol. The number of halogens is 1. The number of nitrogens with zero attached hydrogens (tertiary/aromatic N) is 3. The molecule has 25 heavy (non-hydrogen) atoms. The van der Waals surface area contributed by atoms with E-state index in [1.807, 2.05) is 11.9 Å². The third-order valence-corrected chi connectivity index (χ3v) is 3.93. The van der Waals surface area contributed by atoms with Gasteiger partial charge in [0, 0.05) is 26.2 Å². The van der Waals surface area contributed by atoms with Crippen LogP contribution in [0, 0.1) is 12.7 Å². The van der Waals surface area contributed by atoms with Gasteiger partial charge < -0.3 is 10.2 Å². The SMILES string of the molecule is CCCCN(C)c1cc(C(=O)NCCc2ccccc2F)nc(C)n1. The lowest BCUT2D eigenvalue weighted by Gasteiger charge is -2.18. The number of hydrogen-bond donors (Lipinski definition) is 1. The zero-order chi connectivity index (χ0) is 18.2. The number of amides is 1. The summed E-state index contributed by atoms with van der Waals surface area (Å²) in [5.74, 6) is 0.766. The van der Waals surface area contributed by atoms with Gasteiger partial charge in [-0.1, -0.05) is 31.5 Å². The Kier molecular flexibility index (Phi) is 6.86. The van der Waals surface area contributed by atoms with Crippen LogP contribution in [0.4, 0.5) is 10.2 Å². The van der Waals surface area contributed by atoms with Crippen molar-refractivity contribution in [1.29, 1.82) is 0 Å². The molecule has 0 atom stereocenters. The van der Waals surface area contributed by atoms with E-state index in [0.29, 0.717) is 30.0 Å². The van der Waals surface area contributed by atoms with Crippen LogP contribution in [-0.4, -0.2) is 36.0 Å². The van der Waals surface area contributed by atoms with Gasteiger partial charge in [-0.2, -0.15) is 0 Å². The molecule has 1 amide bonds. The van der Waals surface area contributed by atoms with Crippen LogP contribution in [0.15, 0.2) is 30.3 Å². The average molecular weight is 344 g/mol. The molecule has 0 aliphatic rings. The number of aryl methyl sites for hydroxylation is 1. The van der Waals surface area contributed by atoms with Gasteiger partial charge in [-0.3, -0.25) is 4.79 Å². The van der Waals surface area contributed by atoms with Crippen molar-refractivity contribution in [3.63, 3.8) is 0 Å². The van der Waals surface area contributed by atoms with E-state index in [0.717, 1.165) is 25.2 Å². The van der Waals surface area contributed by atoms with E-state index in [4.69, 9.17) is 0 Å².